The lowest BCUT2D eigenvalue weighted by atomic mass is 10.0. The lowest BCUT2D eigenvalue weighted by molar-refractivity contribution is -0.0691. The minimum absolute atomic E-state index is 0.0191. The van der Waals surface area contributed by atoms with Gasteiger partial charge in [0.05, 0.1) is 5.57 Å². The van der Waals surface area contributed by atoms with Gasteiger partial charge < -0.3 is 10.2 Å². The average molecular weight is 302 g/mol. The summed E-state index contributed by atoms with van der Waals surface area (Å²) in [6.07, 6.45) is -3.89. The molecule has 0 spiro atoms. The molecule has 1 fully saturated rings. The number of alkyl halides is 3. The Morgan fingerprint density at radius 1 is 1.24 bits per heavy atom. The number of allylic oxidation sites excluding steroid dienone is 2. The molecule has 116 valence electrons. The van der Waals surface area contributed by atoms with Crippen molar-refractivity contribution in [3.05, 3.63) is 42.0 Å². The van der Waals surface area contributed by atoms with Gasteiger partial charge in [0, 0.05) is 0 Å². The molecule has 1 aliphatic rings. The van der Waals surface area contributed by atoms with Crippen LogP contribution in [0.3, 0.4) is 0 Å². The second-order valence-corrected chi connectivity index (χ2v) is 5.53. The van der Waals surface area contributed by atoms with Crippen molar-refractivity contribution in [1.29, 1.82) is 0 Å². The highest BCUT2D eigenvalue weighted by Gasteiger charge is 2.46. The molecule has 1 saturated carbocycles. The van der Waals surface area contributed by atoms with Gasteiger partial charge in [0.25, 0.3) is 0 Å². The van der Waals surface area contributed by atoms with Crippen LogP contribution in [0.15, 0.2) is 36.4 Å². The Kier molecular flexibility index (Phi) is 5.04. The Labute approximate surface area is 120 Å². The zero-order chi connectivity index (χ0) is 16.3. The molecule has 0 amide bonds. The maximum absolute atomic E-state index is 13.0. The van der Waals surface area contributed by atoms with Crippen LogP contribution in [0.5, 0.6) is 0 Å². The summed E-state index contributed by atoms with van der Waals surface area (Å²) < 4.78 is 38.9. The van der Waals surface area contributed by atoms with Crippen molar-refractivity contribution in [2.24, 2.45) is 11.3 Å². The predicted octanol–water partition coefficient (Wildman–Crippen LogP) is 4.90. The van der Waals surface area contributed by atoms with Crippen molar-refractivity contribution < 1.29 is 28.2 Å². The first-order valence-electron chi connectivity index (χ1n) is 6.30. The molecule has 0 saturated heterocycles. The van der Waals surface area contributed by atoms with Gasteiger partial charge in [-0.2, -0.15) is 13.2 Å². The first kappa shape index (κ1) is 17.1. The van der Waals surface area contributed by atoms with E-state index in [9.17, 15) is 13.2 Å². The summed E-state index contributed by atoms with van der Waals surface area (Å²) in [5, 5.41) is 13.9. The molecule has 0 bridgehead atoms. The van der Waals surface area contributed by atoms with Gasteiger partial charge in [-0.3, -0.25) is 0 Å². The van der Waals surface area contributed by atoms with Crippen LogP contribution >= 0.6 is 0 Å². The van der Waals surface area contributed by atoms with Crippen LogP contribution in [0.4, 0.5) is 18.0 Å². The number of hydrogen-bond donors (Lipinski definition) is 2. The standard InChI is InChI=1S/C14H15F3.CH2O3/c1-13(2)9-11(13)8-12(14(15,16)17)10-6-4-3-5-7-10;2-1(3)4/h3-8,11H,9H2,1-2H3;(H2,2,3,4). The Bertz CT molecular complexity index is 515. The number of benzene rings is 1. The zero-order valence-corrected chi connectivity index (χ0v) is 11.7. The Morgan fingerprint density at radius 3 is 2.00 bits per heavy atom. The highest BCUT2D eigenvalue weighted by atomic mass is 19.4. The van der Waals surface area contributed by atoms with Crippen molar-refractivity contribution in [1.82, 2.24) is 0 Å². The molecular weight excluding hydrogens is 285 g/mol. The predicted molar refractivity (Wildman–Crippen MR) is 73.0 cm³/mol. The molecule has 6 heteroatoms. The summed E-state index contributed by atoms with van der Waals surface area (Å²) in [5.74, 6) is 0.0410. The minimum Gasteiger partial charge on any atom is -0.450 e. The van der Waals surface area contributed by atoms with Crippen LogP contribution in [0.2, 0.25) is 0 Å². The number of carboxylic acid groups (broad SMARTS) is 2. The SMILES string of the molecule is CC1(C)CC1C=C(c1ccccc1)C(F)(F)F.O=C(O)O. The Hall–Kier alpha value is -1.98. The van der Waals surface area contributed by atoms with E-state index in [0.29, 0.717) is 0 Å². The molecule has 0 heterocycles. The molecule has 2 rings (SSSR count). The Morgan fingerprint density at radius 2 is 1.67 bits per heavy atom. The third kappa shape index (κ3) is 5.49. The normalized spacial score (nSPS) is 20.2. The lowest BCUT2D eigenvalue weighted by Gasteiger charge is -2.12. The largest absolute Gasteiger partial charge is 0.503 e. The topological polar surface area (TPSA) is 57.5 Å². The second kappa shape index (κ2) is 6.20. The van der Waals surface area contributed by atoms with Crippen molar-refractivity contribution in [3.8, 4) is 0 Å². The van der Waals surface area contributed by atoms with Crippen LogP contribution in [0.1, 0.15) is 25.8 Å². The van der Waals surface area contributed by atoms with Gasteiger partial charge in [-0.1, -0.05) is 50.3 Å². The molecule has 1 aliphatic carbocycles. The molecule has 1 aromatic carbocycles. The monoisotopic (exact) mass is 302 g/mol. The summed E-state index contributed by atoms with van der Waals surface area (Å²) in [6.45, 7) is 3.99. The van der Waals surface area contributed by atoms with Gasteiger partial charge in [-0.15, -0.1) is 0 Å². The van der Waals surface area contributed by atoms with Crippen LogP contribution in [0, 0.1) is 11.3 Å². The van der Waals surface area contributed by atoms with E-state index in [-0.39, 0.29) is 16.9 Å². The van der Waals surface area contributed by atoms with Crippen molar-refractivity contribution in [2.45, 2.75) is 26.4 Å². The van der Waals surface area contributed by atoms with Gasteiger partial charge in [0.2, 0.25) is 0 Å². The van der Waals surface area contributed by atoms with E-state index in [1.54, 1.807) is 18.2 Å². The van der Waals surface area contributed by atoms with E-state index < -0.39 is 17.9 Å². The molecule has 1 atom stereocenters. The van der Waals surface area contributed by atoms with Gasteiger partial charge in [-0.05, 0) is 23.3 Å². The lowest BCUT2D eigenvalue weighted by Crippen LogP contribution is -2.11. The van der Waals surface area contributed by atoms with Gasteiger partial charge in [0.15, 0.2) is 0 Å². The highest BCUT2D eigenvalue weighted by molar-refractivity contribution is 5.70. The minimum atomic E-state index is -4.28. The fraction of sp³-hybridized carbons (Fsp3) is 0.400. The quantitative estimate of drug-likeness (QED) is 0.816. The van der Waals surface area contributed by atoms with E-state index in [4.69, 9.17) is 15.0 Å². The number of rotatable bonds is 2. The molecule has 1 unspecified atom stereocenters. The zero-order valence-electron chi connectivity index (χ0n) is 11.7. The molecule has 0 radical (unpaired) electrons. The first-order valence-corrected chi connectivity index (χ1v) is 6.30. The molecule has 1 aromatic rings. The van der Waals surface area contributed by atoms with Gasteiger partial charge >= 0.3 is 12.3 Å². The number of hydrogen-bond acceptors (Lipinski definition) is 1. The summed E-state index contributed by atoms with van der Waals surface area (Å²) in [6, 6.07) is 8.00. The van der Waals surface area contributed by atoms with Crippen molar-refractivity contribution in [3.63, 3.8) is 0 Å². The van der Waals surface area contributed by atoms with Crippen LogP contribution < -0.4 is 0 Å². The smallest absolute Gasteiger partial charge is 0.450 e. The van der Waals surface area contributed by atoms with Gasteiger partial charge in [-0.25, -0.2) is 4.79 Å². The molecular formula is C15H17F3O3. The third-order valence-corrected chi connectivity index (χ3v) is 3.35. The molecule has 0 aliphatic heterocycles. The van der Waals surface area contributed by atoms with Gasteiger partial charge in [0.1, 0.15) is 0 Å². The molecule has 21 heavy (non-hydrogen) atoms. The fourth-order valence-electron chi connectivity index (χ4n) is 1.97. The summed E-state index contributed by atoms with van der Waals surface area (Å²) in [5.41, 5.74) is -0.234. The average Bonchev–Trinajstić information content (AvgIpc) is 2.93. The fourth-order valence-corrected chi connectivity index (χ4v) is 1.97. The molecule has 0 aromatic heterocycles. The summed E-state index contributed by atoms with van der Waals surface area (Å²) >= 11 is 0. The summed E-state index contributed by atoms with van der Waals surface area (Å²) in [4.78, 5) is 8.56. The second-order valence-electron chi connectivity index (χ2n) is 5.53. The third-order valence-electron chi connectivity index (χ3n) is 3.35. The van der Waals surface area contributed by atoms with E-state index in [2.05, 4.69) is 0 Å². The van der Waals surface area contributed by atoms with E-state index >= 15 is 0 Å². The molecule has 3 nitrogen and oxygen atoms in total. The van der Waals surface area contributed by atoms with Crippen molar-refractivity contribution >= 4 is 11.7 Å². The maximum atomic E-state index is 13.0. The van der Waals surface area contributed by atoms with E-state index in [0.717, 1.165) is 6.42 Å². The highest BCUT2D eigenvalue weighted by Crippen LogP contribution is 2.54. The first-order chi connectivity index (χ1) is 9.54. The maximum Gasteiger partial charge on any atom is 0.503 e. The van der Waals surface area contributed by atoms with Crippen molar-refractivity contribution in [2.75, 3.05) is 0 Å². The van der Waals surface area contributed by atoms with Crippen LogP contribution in [-0.2, 0) is 0 Å². The van der Waals surface area contributed by atoms with E-state index in [1.807, 2.05) is 13.8 Å². The van der Waals surface area contributed by atoms with E-state index in [1.165, 1.54) is 18.2 Å². The van der Waals surface area contributed by atoms with Crippen LogP contribution in [-0.4, -0.2) is 22.5 Å². The van der Waals surface area contributed by atoms with Crippen LogP contribution in [0.25, 0.3) is 5.57 Å². The summed E-state index contributed by atoms with van der Waals surface area (Å²) in [7, 11) is 0. The number of carbonyl (C=O) groups is 1. The number of halogens is 3. The molecule has 2 N–H and O–H groups in total. The Balaban J connectivity index is 0.000000491.